The Kier molecular flexibility index (Phi) is 4.30. The van der Waals surface area contributed by atoms with Crippen LogP contribution in [0.2, 0.25) is 0 Å². The standard InChI is InChI=1S/C12H20N2/c1-4-5-6-8-12-11(2)14(3)10-7-9-13-12/h4-6,8,13H,7,9-10H2,1-3H3/b5-4+,8-6-. The molecule has 0 amide bonds. The van der Waals surface area contributed by atoms with Gasteiger partial charge in [-0.3, -0.25) is 0 Å². The van der Waals surface area contributed by atoms with Crippen molar-refractivity contribution in [1.82, 2.24) is 10.2 Å². The third-order valence-corrected chi connectivity index (χ3v) is 2.51. The van der Waals surface area contributed by atoms with E-state index >= 15 is 0 Å². The Morgan fingerprint density at radius 1 is 1.36 bits per heavy atom. The lowest BCUT2D eigenvalue weighted by molar-refractivity contribution is 0.420. The van der Waals surface area contributed by atoms with Gasteiger partial charge in [0.25, 0.3) is 0 Å². The third kappa shape index (κ3) is 2.95. The number of hydrogen-bond donors (Lipinski definition) is 1. The Balaban J connectivity index is 2.75. The van der Waals surface area contributed by atoms with Crippen molar-refractivity contribution < 1.29 is 0 Å². The fourth-order valence-electron chi connectivity index (χ4n) is 1.48. The second-order valence-electron chi connectivity index (χ2n) is 3.59. The molecule has 0 radical (unpaired) electrons. The first-order valence-corrected chi connectivity index (χ1v) is 5.21. The van der Waals surface area contributed by atoms with E-state index < -0.39 is 0 Å². The van der Waals surface area contributed by atoms with Crippen LogP contribution in [0.3, 0.4) is 0 Å². The summed E-state index contributed by atoms with van der Waals surface area (Å²) in [6, 6.07) is 0. The molecule has 0 saturated heterocycles. The summed E-state index contributed by atoms with van der Waals surface area (Å²) in [5.74, 6) is 0. The van der Waals surface area contributed by atoms with Crippen LogP contribution in [0.15, 0.2) is 35.7 Å². The molecule has 1 N–H and O–H groups in total. The molecule has 0 aromatic rings. The lowest BCUT2D eigenvalue weighted by Crippen LogP contribution is -2.17. The summed E-state index contributed by atoms with van der Waals surface area (Å²) in [5, 5.41) is 3.44. The van der Waals surface area contributed by atoms with Crippen LogP contribution in [0.4, 0.5) is 0 Å². The minimum absolute atomic E-state index is 1.07. The van der Waals surface area contributed by atoms with Crippen LogP contribution in [0, 0.1) is 0 Å². The van der Waals surface area contributed by atoms with E-state index in [4.69, 9.17) is 0 Å². The minimum atomic E-state index is 1.07. The molecule has 0 atom stereocenters. The largest absolute Gasteiger partial charge is 0.384 e. The second kappa shape index (κ2) is 5.53. The summed E-state index contributed by atoms with van der Waals surface area (Å²) in [6.45, 7) is 6.39. The predicted octanol–water partition coefficient (Wildman–Crippen LogP) is 2.28. The molecule has 0 aliphatic carbocycles. The van der Waals surface area contributed by atoms with Crippen molar-refractivity contribution in [2.45, 2.75) is 20.3 Å². The first-order valence-electron chi connectivity index (χ1n) is 5.21. The molecule has 0 spiro atoms. The van der Waals surface area contributed by atoms with Gasteiger partial charge in [0.05, 0.1) is 5.70 Å². The lowest BCUT2D eigenvalue weighted by Gasteiger charge is -2.18. The highest BCUT2D eigenvalue weighted by atomic mass is 15.1. The molecule has 1 heterocycles. The third-order valence-electron chi connectivity index (χ3n) is 2.51. The van der Waals surface area contributed by atoms with Crippen LogP contribution < -0.4 is 5.32 Å². The number of nitrogens with zero attached hydrogens (tertiary/aromatic N) is 1. The van der Waals surface area contributed by atoms with Gasteiger partial charge in [-0.15, -0.1) is 0 Å². The van der Waals surface area contributed by atoms with E-state index in [1.165, 1.54) is 17.8 Å². The average molecular weight is 192 g/mol. The molecule has 14 heavy (non-hydrogen) atoms. The average Bonchev–Trinajstić information content (AvgIpc) is 2.33. The molecule has 1 rings (SSSR count). The lowest BCUT2D eigenvalue weighted by atomic mass is 10.3. The summed E-state index contributed by atoms with van der Waals surface area (Å²) in [7, 11) is 2.14. The number of hydrogen-bond acceptors (Lipinski definition) is 2. The van der Waals surface area contributed by atoms with Crippen LogP contribution in [0.1, 0.15) is 20.3 Å². The summed E-state index contributed by atoms with van der Waals surface area (Å²) in [4.78, 5) is 2.30. The molecule has 0 fully saturated rings. The van der Waals surface area contributed by atoms with E-state index in [1.807, 2.05) is 19.1 Å². The van der Waals surface area contributed by atoms with E-state index in [2.05, 4.69) is 36.3 Å². The molecule has 2 heteroatoms. The molecule has 0 saturated carbocycles. The Bertz CT molecular complexity index is 261. The summed E-state index contributed by atoms with van der Waals surface area (Å²) in [6.07, 6.45) is 9.50. The normalized spacial score (nSPS) is 19.2. The smallest absolute Gasteiger partial charge is 0.0532 e. The van der Waals surface area contributed by atoms with Gasteiger partial charge in [0.2, 0.25) is 0 Å². The van der Waals surface area contributed by atoms with Gasteiger partial charge in [-0.05, 0) is 26.3 Å². The Labute approximate surface area is 87.0 Å². The number of nitrogens with one attached hydrogen (secondary N) is 1. The van der Waals surface area contributed by atoms with Crippen LogP contribution in [-0.2, 0) is 0 Å². The molecule has 1 aliphatic rings. The molecule has 78 valence electrons. The molecule has 0 bridgehead atoms. The van der Waals surface area contributed by atoms with Crippen molar-refractivity contribution in [3.05, 3.63) is 35.7 Å². The predicted molar refractivity (Wildman–Crippen MR) is 61.9 cm³/mol. The molecule has 0 aromatic heterocycles. The van der Waals surface area contributed by atoms with Crippen LogP contribution in [0.5, 0.6) is 0 Å². The van der Waals surface area contributed by atoms with Gasteiger partial charge >= 0.3 is 0 Å². The summed E-state index contributed by atoms with van der Waals surface area (Å²) in [5.41, 5.74) is 2.56. The van der Waals surface area contributed by atoms with E-state index in [9.17, 15) is 0 Å². The van der Waals surface area contributed by atoms with Crippen molar-refractivity contribution in [2.24, 2.45) is 0 Å². The molecule has 0 unspecified atom stereocenters. The molecule has 0 aromatic carbocycles. The van der Waals surface area contributed by atoms with Gasteiger partial charge in [0, 0.05) is 25.8 Å². The van der Waals surface area contributed by atoms with Crippen LogP contribution in [0.25, 0.3) is 0 Å². The fourth-order valence-corrected chi connectivity index (χ4v) is 1.48. The summed E-state index contributed by atoms with van der Waals surface area (Å²) >= 11 is 0. The molecular weight excluding hydrogens is 172 g/mol. The monoisotopic (exact) mass is 192 g/mol. The van der Waals surface area contributed by atoms with Crippen molar-refractivity contribution in [1.29, 1.82) is 0 Å². The maximum absolute atomic E-state index is 3.44. The van der Waals surface area contributed by atoms with Crippen molar-refractivity contribution >= 4 is 0 Å². The zero-order chi connectivity index (χ0) is 10.4. The van der Waals surface area contributed by atoms with Gasteiger partial charge in [-0.25, -0.2) is 0 Å². The Hall–Kier alpha value is -1.18. The fraction of sp³-hybridized carbons (Fsp3) is 0.500. The Morgan fingerprint density at radius 3 is 2.86 bits per heavy atom. The zero-order valence-corrected chi connectivity index (χ0v) is 9.38. The van der Waals surface area contributed by atoms with Crippen molar-refractivity contribution in [3.8, 4) is 0 Å². The first kappa shape index (κ1) is 10.9. The maximum atomic E-state index is 3.44. The first-order chi connectivity index (χ1) is 6.75. The number of rotatable bonds is 2. The number of allylic oxidation sites excluding steroid dienone is 5. The van der Waals surface area contributed by atoms with E-state index in [0.29, 0.717) is 0 Å². The highest BCUT2D eigenvalue weighted by Gasteiger charge is 2.08. The van der Waals surface area contributed by atoms with Gasteiger partial charge in [0.15, 0.2) is 0 Å². The minimum Gasteiger partial charge on any atom is -0.384 e. The van der Waals surface area contributed by atoms with E-state index in [0.717, 1.165) is 13.1 Å². The van der Waals surface area contributed by atoms with Gasteiger partial charge in [-0.1, -0.05) is 18.2 Å². The van der Waals surface area contributed by atoms with Gasteiger partial charge in [-0.2, -0.15) is 0 Å². The van der Waals surface area contributed by atoms with Crippen LogP contribution in [-0.4, -0.2) is 25.0 Å². The van der Waals surface area contributed by atoms with Gasteiger partial charge < -0.3 is 10.2 Å². The van der Waals surface area contributed by atoms with Crippen molar-refractivity contribution in [2.75, 3.05) is 20.1 Å². The van der Waals surface area contributed by atoms with Gasteiger partial charge in [0.1, 0.15) is 0 Å². The maximum Gasteiger partial charge on any atom is 0.0532 e. The highest BCUT2D eigenvalue weighted by Crippen LogP contribution is 2.11. The molecular formula is C12H20N2. The second-order valence-corrected chi connectivity index (χ2v) is 3.59. The SMILES string of the molecule is C/C=C/C=C\C1=C(C)N(C)CCCN1. The van der Waals surface area contributed by atoms with Crippen LogP contribution >= 0.6 is 0 Å². The van der Waals surface area contributed by atoms with E-state index in [1.54, 1.807) is 0 Å². The molecule has 1 aliphatic heterocycles. The van der Waals surface area contributed by atoms with E-state index in [-0.39, 0.29) is 0 Å². The zero-order valence-electron chi connectivity index (χ0n) is 9.38. The van der Waals surface area contributed by atoms with Crippen molar-refractivity contribution in [3.63, 3.8) is 0 Å². The highest BCUT2D eigenvalue weighted by molar-refractivity contribution is 5.25. The quantitative estimate of drug-likeness (QED) is 0.675. The summed E-state index contributed by atoms with van der Waals surface area (Å²) < 4.78 is 0. The molecule has 2 nitrogen and oxygen atoms in total. The Morgan fingerprint density at radius 2 is 2.14 bits per heavy atom. The topological polar surface area (TPSA) is 15.3 Å².